The third-order valence-corrected chi connectivity index (χ3v) is 5.55. The number of thiophene rings is 1. The highest BCUT2D eigenvalue weighted by molar-refractivity contribution is 7.08. The second-order valence-electron chi connectivity index (χ2n) is 6.70. The van der Waals surface area contributed by atoms with Gasteiger partial charge in [-0.3, -0.25) is 4.79 Å². The maximum absolute atomic E-state index is 12.5. The molecule has 0 atom stereocenters. The molecule has 0 spiro atoms. The number of likely N-dealkylation sites (tertiary alicyclic amines) is 1. The lowest BCUT2D eigenvalue weighted by Gasteiger charge is -2.36. The average Bonchev–Trinajstić information content (AvgIpc) is 3.42. The largest absolute Gasteiger partial charge is 0.493 e. The van der Waals surface area contributed by atoms with Crippen LogP contribution in [0.25, 0.3) is 17.5 Å². The van der Waals surface area contributed by atoms with Crippen LogP contribution in [-0.2, 0) is 4.79 Å². The van der Waals surface area contributed by atoms with Crippen molar-refractivity contribution in [2.75, 3.05) is 34.4 Å². The highest BCUT2D eigenvalue weighted by Gasteiger charge is 2.34. The number of ether oxygens (including phenoxy) is 3. The van der Waals surface area contributed by atoms with Crippen LogP contribution in [0.2, 0.25) is 0 Å². The zero-order chi connectivity index (χ0) is 21.1. The number of nitrogens with zero attached hydrogens (tertiary/aromatic N) is 3. The number of carbonyl (C=O) groups is 1. The Labute approximate surface area is 177 Å². The fourth-order valence-electron chi connectivity index (χ4n) is 3.20. The van der Waals surface area contributed by atoms with Crippen molar-refractivity contribution in [1.82, 2.24) is 15.0 Å². The van der Waals surface area contributed by atoms with Crippen molar-refractivity contribution < 1.29 is 23.5 Å². The molecule has 8 nitrogen and oxygen atoms in total. The molecule has 1 aliphatic rings. The van der Waals surface area contributed by atoms with Gasteiger partial charge in [-0.25, -0.2) is 0 Å². The Kier molecular flexibility index (Phi) is 5.71. The predicted molar refractivity (Wildman–Crippen MR) is 112 cm³/mol. The van der Waals surface area contributed by atoms with Crippen LogP contribution >= 0.6 is 11.3 Å². The van der Waals surface area contributed by atoms with Gasteiger partial charge in [0, 0.05) is 30.1 Å². The number of benzene rings is 1. The first-order valence-corrected chi connectivity index (χ1v) is 10.2. The Morgan fingerprint density at radius 2 is 1.93 bits per heavy atom. The van der Waals surface area contributed by atoms with Gasteiger partial charge in [-0.15, -0.1) is 0 Å². The molecule has 0 radical (unpaired) electrons. The second-order valence-corrected chi connectivity index (χ2v) is 7.48. The highest BCUT2D eigenvalue weighted by Crippen LogP contribution is 2.38. The van der Waals surface area contributed by atoms with E-state index in [1.807, 2.05) is 16.8 Å². The first-order valence-electron chi connectivity index (χ1n) is 9.26. The summed E-state index contributed by atoms with van der Waals surface area (Å²) < 4.78 is 21.4. The Hall–Kier alpha value is -3.33. The van der Waals surface area contributed by atoms with Gasteiger partial charge in [0.15, 0.2) is 11.5 Å². The number of carbonyl (C=O) groups excluding carboxylic acids is 1. The normalized spacial score (nSPS) is 14.0. The van der Waals surface area contributed by atoms with E-state index in [4.69, 9.17) is 18.7 Å². The summed E-state index contributed by atoms with van der Waals surface area (Å²) in [7, 11) is 4.65. The summed E-state index contributed by atoms with van der Waals surface area (Å²) in [6.45, 7) is 1.09. The van der Waals surface area contributed by atoms with E-state index in [1.54, 1.807) is 55.8 Å². The molecule has 0 unspecified atom stereocenters. The van der Waals surface area contributed by atoms with Gasteiger partial charge >= 0.3 is 0 Å². The summed E-state index contributed by atoms with van der Waals surface area (Å²) in [5, 5.41) is 7.96. The summed E-state index contributed by atoms with van der Waals surface area (Å²) in [6, 6.07) is 5.52. The molecule has 0 saturated carbocycles. The predicted octanol–water partition coefficient (Wildman–Crippen LogP) is 3.46. The van der Waals surface area contributed by atoms with Crippen molar-refractivity contribution in [2.24, 2.45) is 0 Å². The molecule has 4 rings (SSSR count). The molecule has 1 aliphatic heterocycles. The molecule has 30 heavy (non-hydrogen) atoms. The molecule has 0 bridgehead atoms. The van der Waals surface area contributed by atoms with E-state index < -0.39 is 0 Å². The quantitative estimate of drug-likeness (QED) is 0.534. The molecule has 1 amide bonds. The number of amides is 1. The van der Waals surface area contributed by atoms with Gasteiger partial charge < -0.3 is 23.6 Å². The van der Waals surface area contributed by atoms with Crippen LogP contribution in [0.5, 0.6) is 17.2 Å². The van der Waals surface area contributed by atoms with Gasteiger partial charge in [-0.05, 0) is 35.2 Å². The fourth-order valence-corrected chi connectivity index (χ4v) is 3.83. The van der Waals surface area contributed by atoms with E-state index in [1.165, 1.54) is 6.08 Å². The van der Waals surface area contributed by atoms with Gasteiger partial charge in [0.1, 0.15) is 0 Å². The van der Waals surface area contributed by atoms with Crippen LogP contribution < -0.4 is 14.2 Å². The van der Waals surface area contributed by atoms with Crippen LogP contribution in [0.4, 0.5) is 0 Å². The van der Waals surface area contributed by atoms with Crippen LogP contribution in [0.15, 0.2) is 39.6 Å². The lowest BCUT2D eigenvalue weighted by molar-refractivity contribution is -0.130. The Morgan fingerprint density at radius 3 is 2.53 bits per heavy atom. The van der Waals surface area contributed by atoms with E-state index in [-0.39, 0.29) is 11.8 Å². The molecule has 3 aromatic rings. The Morgan fingerprint density at radius 1 is 1.20 bits per heavy atom. The summed E-state index contributed by atoms with van der Waals surface area (Å²) in [5.74, 6) is 2.69. The number of hydrogen-bond donors (Lipinski definition) is 0. The number of methoxy groups -OCH3 is 3. The van der Waals surface area contributed by atoms with Crippen molar-refractivity contribution in [3.63, 3.8) is 0 Å². The van der Waals surface area contributed by atoms with Crippen molar-refractivity contribution in [2.45, 2.75) is 5.92 Å². The van der Waals surface area contributed by atoms with Crippen LogP contribution in [0.1, 0.15) is 17.4 Å². The van der Waals surface area contributed by atoms with Crippen LogP contribution in [0.3, 0.4) is 0 Å². The standard InChI is InChI=1S/C21H21N3O5S/c1-26-16-8-13(9-17(27-2)19(16)28-3)4-5-18(25)24-10-15(11-24)21-22-20(23-29-21)14-6-7-30-12-14/h4-9,12,15H,10-11H2,1-3H3. The summed E-state index contributed by atoms with van der Waals surface area (Å²) >= 11 is 1.58. The molecule has 156 valence electrons. The maximum atomic E-state index is 12.5. The molecular weight excluding hydrogens is 406 g/mol. The van der Waals surface area contributed by atoms with E-state index in [0.29, 0.717) is 42.1 Å². The van der Waals surface area contributed by atoms with E-state index >= 15 is 0 Å². The van der Waals surface area contributed by atoms with Gasteiger partial charge in [0.05, 0.1) is 27.2 Å². The first kappa shape index (κ1) is 20.0. The first-order chi connectivity index (χ1) is 14.6. The van der Waals surface area contributed by atoms with E-state index in [9.17, 15) is 4.79 Å². The van der Waals surface area contributed by atoms with Gasteiger partial charge in [0.2, 0.25) is 23.4 Å². The SMILES string of the molecule is COc1cc(C=CC(=O)N2CC(c3nc(-c4ccsc4)no3)C2)cc(OC)c1OC. The summed E-state index contributed by atoms with van der Waals surface area (Å²) in [6.07, 6.45) is 3.25. The van der Waals surface area contributed by atoms with E-state index in [0.717, 1.165) is 11.1 Å². The van der Waals surface area contributed by atoms with Gasteiger partial charge in [-0.1, -0.05) is 5.16 Å². The zero-order valence-corrected chi connectivity index (χ0v) is 17.6. The molecule has 3 heterocycles. The van der Waals surface area contributed by atoms with Gasteiger partial charge in [0.25, 0.3) is 0 Å². The van der Waals surface area contributed by atoms with Crippen LogP contribution in [0, 0.1) is 0 Å². The monoisotopic (exact) mass is 427 g/mol. The number of aromatic nitrogens is 2. The van der Waals surface area contributed by atoms with E-state index in [2.05, 4.69) is 10.1 Å². The summed E-state index contributed by atoms with van der Waals surface area (Å²) in [5.41, 5.74) is 1.71. The minimum atomic E-state index is -0.0856. The fraction of sp³-hybridized carbons (Fsp3) is 0.286. The zero-order valence-electron chi connectivity index (χ0n) is 16.8. The molecule has 2 aromatic heterocycles. The van der Waals surface area contributed by atoms with Crippen molar-refractivity contribution in [1.29, 1.82) is 0 Å². The van der Waals surface area contributed by atoms with Gasteiger partial charge in [-0.2, -0.15) is 16.3 Å². The highest BCUT2D eigenvalue weighted by atomic mass is 32.1. The van der Waals surface area contributed by atoms with Crippen molar-refractivity contribution in [3.8, 4) is 28.6 Å². The maximum Gasteiger partial charge on any atom is 0.246 e. The molecule has 1 saturated heterocycles. The lowest BCUT2D eigenvalue weighted by Crippen LogP contribution is -2.47. The van der Waals surface area contributed by atoms with Crippen molar-refractivity contribution in [3.05, 3.63) is 46.5 Å². The smallest absolute Gasteiger partial charge is 0.246 e. The average molecular weight is 427 g/mol. The minimum absolute atomic E-state index is 0.0587. The lowest BCUT2D eigenvalue weighted by atomic mass is 10.00. The molecule has 9 heteroatoms. The topological polar surface area (TPSA) is 86.9 Å². The molecule has 1 fully saturated rings. The number of hydrogen-bond acceptors (Lipinski definition) is 8. The minimum Gasteiger partial charge on any atom is -0.493 e. The van der Waals surface area contributed by atoms with Crippen LogP contribution in [-0.4, -0.2) is 55.4 Å². The third kappa shape index (κ3) is 3.88. The molecule has 0 N–H and O–H groups in total. The Bertz CT molecular complexity index is 1030. The Balaban J connectivity index is 1.38. The third-order valence-electron chi connectivity index (χ3n) is 4.87. The second kappa shape index (κ2) is 8.58. The number of rotatable bonds is 7. The molecule has 0 aliphatic carbocycles. The summed E-state index contributed by atoms with van der Waals surface area (Å²) in [4.78, 5) is 18.7. The molecular formula is C21H21N3O5S. The van der Waals surface area contributed by atoms with Crippen molar-refractivity contribution >= 4 is 23.3 Å². The molecule has 1 aromatic carbocycles.